The van der Waals surface area contributed by atoms with Gasteiger partial charge in [-0.25, -0.2) is 4.98 Å². The van der Waals surface area contributed by atoms with Gasteiger partial charge in [-0.15, -0.1) is 0 Å². The Kier molecular flexibility index (Phi) is 3.03. The second kappa shape index (κ2) is 4.26. The Balaban J connectivity index is 2.96. The van der Waals surface area contributed by atoms with E-state index >= 15 is 0 Å². The molecule has 1 aromatic heterocycles. The highest BCUT2D eigenvalue weighted by atomic mass is 16.5. The largest absolute Gasteiger partial charge is 0.484 e. The molecule has 0 aromatic carbocycles. The number of H-pyrrole nitrogens is 1. The maximum Gasteiger partial charge on any atom is 0.191 e. The Labute approximate surface area is 76.1 Å². The highest BCUT2D eigenvalue weighted by Gasteiger charge is 2.04. The smallest absolute Gasteiger partial charge is 0.191 e. The summed E-state index contributed by atoms with van der Waals surface area (Å²) < 4.78 is 4.96. The first-order chi connectivity index (χ1) is 6.31. The maximum absolute atomic E-state index is 8.63. The molecule has 1 aromatic rings. The minimum absolute atomic E-state index is 0.350. The standard InChI is InChI=1S/C8H10N4O/c1-3-7(13-2)12-8-6(4-9)10-5-11-8/h5H,3H2,1-2H3,(H,10,11)/b12-7-. The molecule has 1 rings (SSSR count). The van der Waals surface area contributed by atoms with Crippen LogP contribution in [0.15, 0.2) is 11.3 Å². The predicted octanol–water partition coefficient (Wildman–Crippen LogP) is 1.37. The van der Waals surface area contributed by atoms with Crippen molar-refractivity contribution in [3.05, 3.63) is 12.0 Å². The lowest BCUT2D eigenvalue weighted by Crippen LogP contribution is -1.97. The van der Waals surface area contributed by atoms with Crippen LogP contribution in [0, 0.1) is 11.3 Å². The van der Waals surface area contributed by atoms with Crippen molar-refractivity contribution in [1.82, 2.24) is 9.97 Å². The van der Waals surface area contributed by atoms with Crippen LogP contribution in [-0.2, 0) is 4.74 Å². The van der Waals surface area contributed by atoms with Crippen LogP contribution >= 0.6 is 0 Å². The van der Waals surface area contributed by atoms with E-state index in [4.69, 9.17) is 10.00 Å². The summed E-state index contributed by atoms with van der Waals surface area (Å²) in [7, 11) is 1.54. The van der Waals surface area contributed by atoms with Gasteiger partial charge in [0.1, 0.15) is 6.07 Å². The average Bonchev–Trinajstić information content (AvgIpc) is 2.61. The van der Waals surface area contributed by atoms with E-state index in [-0.39, 0.29) is 0 Å². The Hall–Kier alpha value is -1.83. The van der Waals surface area contributed by atoms with Gasteiger partial charge in [-0.2, -0.15) is 10.3 Å². The van der Waals surface area contributed by atoms with Gasteiger partial charge < -0.3 is 9.72 Å². The fourth-order valence-corrected chi connectivity index (χ4v) is 0.841. The molecular formula is C8H10N4O. The lowest BCUT2D eigenvalue weighted by Gasteiger charge is -1.98. The highest BCUT2D eigenvalue weighted by Crippen LogP contribution is 2.12. The van der Waals surface area contributed by atoms with Crippen LogP contribution < -0.4 is 0 Å². The van der Waals surface area contributed by atoms with E-state index in [2.05, 4.69) is 15.0 Å². The van der Waals surface area contributed by atoms with E-state index in [1.807, 2.05) is 13.0 Å². The van der Waals surface area contributed by atoms with Crippen LogP contribution in [0.2, 0.25) is 0 Å². The van der Waals surface area contributed by atoms with Crippen LogP contribution in [-0.4, -0.2) is 23.0 Å². The number of aromatic amines is 1. The van der Waals surface area contributed by atoms with Gasteiger partial charge in [-0.1, -0.05) is 6.92 Å². The molecular weight excluding hydrogens is 168 g/mol. The second-order valence-electron chi connectivity index (χ2n) is 2.28. The molecule has 0 bridgehead atoms. The lowest BCUT2D eigenvalue weighted by atomic mass is 10.4. The van der Waals surface area contributed by atoms with Crippen molar-refractivity contribution in [2.24, 2.45) is 4.99 Å². The number of hydrogen-bond acceptors (Lipinski definition) is 4. The number of aliphatic imine (C=N–C) groups is 1. The molecule has 0 aliphatic heterocycles. The minimum Gasteiger partial charge on any atom is -0.484 e. The fraction of sp³-hybridized carbons (Fsp3) is 0.375. The molecule has 13 heavy (non-hydrogen) atoms. The van der Waals surface area contributed by atoms with E-state index in [1.54, 1.807) is 7.11 Å². The third-order valence-corrected chi connectivity index (χ3v) is 1.50. The summed E-state index contributed by atoms with van der Waals surface area (Å²) in [5.74, 6) is 0.935. The van der Waals surface area contributed by atoms with Crippen molar-refractivity contribution in [3.63, 3.8) is 0 Å². The van der Waals surface area contributed by atoms with Crippen molar-refractivity contribution in [1.29, 1.82) is 5.26 Å². The van der Waals surface area contributed by atoms with Gasteiger partial charge in [0.25, 0.3) is 0 Å². The Morgan fingerprint density at radius 3 is 3.15 bits per heavy atom. The van der Waals surface area contributed by atoms with Crippen molar-refractivity contribution in [3.8, 4) is 6.07 Å². The van der Waals surface area contributed by atoms with Gasteiger partial charge in [0.05, 0.1) is 13.4 Å². The highest BCUT2D eigenvalue weighted by molar-refractivity contribution is 5.78. The zero-order chi connectivity index (χ0) is 9.68. The number of aromatic nitrogens is 2. The predicted molar refractivity (Wildman–Crippen MR) is 47.7 cm³/mol. The van der Waals surface area contributed by atoms with Crippen molar-refractivity contribution < 1.29 is 4.74 Å². The minimum atomic E-state index is 0.350. The Morgan fingerprint density at radius 2 is 2.62 bits per heavy atom. The Morgan fingerprint density at radius 1 is 1.85 bits per heavy atom. The third kappa shape index (κ3) is 2.06. The fourth-order valence-electron chi connectivity index (χ4n) is 0.841. The molecule has 0 aliphatic carbocycles. The third-order valence-electron chi connectivity index (χ3n) is 1.50. The summed E-state index contributed by atoms with van der Waals surface area (Å²) in [4.78, 5) is 10.6. The van der Waals surface area contributed by atoms with Gasteiger partial charge in [0.2, 0.25) is 0 Å². The number of methoxy groups -OCH3 is 1. The SMILES string of the molecule is CC/C(=N/c1nc[nH]c1C#N)OC. The zero-order valence-electron chi connectivity index (χ0n) is 7.53. The quantitative estimate of drug-likeness (QED) is 0.549. The summed E-state index contributed by atoms with van der Waals surface area (Å²) in [6, 6.07) is 1.95. The number of nitrogens with one attached hydrogen (secondary N) is 1. The van der Waals surface area contributed by atoms with Gasteiger partial charge in [-0.05, 0) is 0 Å². The van der Waals surface area contributed by atoms with Crippen molar-refractivity contribution in [2.45, 2.75) is 13.3 Å². The van der Waals surface area contributed by atoms with Crippen LogP contribution in [0.5, 0.6) is 0 Å². The van der Waals surface area contributed by atoms with E-state index < -0.39 is 0 Å². The maximum atomic E-state index is 8.63. The number of imidazole rings is 1. The summed E-state index contributed by atoms with van der Waals surface area (Å²) in [5, 5.41) is 8.63. The summed E-state index contributed by atoms with van der Waals surface area (Å²) >= 11 is 0. The second-order valence-corrected chi connectivity index (χ2v) is 2.28. The molecule has 5 heteroatoms. The van der Waals surface area contributed by atoms with E-state index in [0.29, 0.717) is 23.8 Å². The average molecular weight is 178 g/mol. The van der Waals surface area contributed by atoms with Gasteiger partial charge in [0.15, 0.2) is 17.4 Å². The number of ether oxygens (including phenoxy) is 1. The first-order valence-electron chi connectivity index (χ1n) is 3.86. The van der Waals surface area contributed by atoms with Gasteiger partial charge >= 0.3 is 0 Å². The first-order valence-corrected chi connectivity index (χ1v) is 3.86. The van der Waals surface area contributed by atoms with E-state index in [1.165, 1.54) is 6.33 Å². The van der Waals surface area contributed by atoms with Crippen molar-refractivity contribution >= 4 is 11.7 Å². The molecule has 0 saturated heterocycles. The van der Waals surface area contributed by atoms with E-state index in [0.717, 1.165) is 0 Å². The molecule has 0 fully saturated rings. The molecule has 1 N–H and O–H groups in total. The van der Waals surface area contributed by atoms with Crippen LogP contribution in [0.4, 0.5) is 5.82 Å². The van der Waals surface area contributed by atoms with Crippen LogP contribution in [0.1, 0.15) is 19.0 Å². The molecule has 0 amide bonds. The molecule has 68 valence electrons. The normalized spacial score (nSPS) is 11.0. The monoisotopic (exact) mass is 178 g/mol. The van der Waals surface area contributed by atoms with Crippen LogP contribution in [0.25, 0.3) is 0 Å². The first kappa shape index (κ1) is 9.26. The number of nitrogens with zero attached hydrogens (tertiary/aromatic N) is 3. The van der Waals surface area contributed by atoms with E-state index in [9.17, 15) is 0 Å². The summed E-state index contributed by atoms with van der Waals surface area (Å²) in [6.07, 6.45) is 2.11. The molecule has 0 radical (unpaired) electrons. The number of rotatable bonds is 2. The molecule has 5 nitrogen and oxygen atoms in total. The number of hydrogen-bond donors (Lipinski definition) is 1. The molecule has 0 unspecified atom stereocenters. The molecule has 0 atom stereocenters. The zero-order valence-corrected chi connectivity index (χ0v) is 7.53. The van der Waals surface area contributed by atoms with Crippen LogP contribution in [0.3, 0.4) is 0 Å². The molecule has 0 spiro atoms. The lowest BCUT2D eigenvalue weighted by molar-refractivity contribution is 0.392. The molecule has 0 saturated carbocycles. The summed E-state index contributed by atoms with van der Waals surface area (Å²) in [6.45, 7) is 1.92. The van der Waals surface area contributed by atoms with Gasteiger partial charge in [0, 0.05) is 6.42 Å². The van der Waals surface area contributed by atoms with Crippen molar-refractivity contribution in [2.75, 3.05) is 7.11 Å². The van der Waals surface area contributed by atoms with Gasteiger partial charge in [-0.3, -0.25) is 0 Å². The molecule has 0 aliphatic rings. The number of nitriles is 1. The summed E-state index contributed by atoms with van der Waals surface area (Å²) in [5.41, 5.74) is 0.350. The molecule has 1 heterocycles. The topological polar surface area (TPSA) is 74.1 Å². The Bertz CT molecular complexity index is 341.